The van der Waals surface area contributed by atoms with Gasteiger partial charge in [-0.1, -0.05) is 37.3 Å². The molecule has 0 spiro atoms. The van der Waals surface area contributed by atoms with E-state index in [4.69, 9.17) is 0 Å². The molecule has 1 saturated heterocycles. The summed E-state index contributed by atoms with van der Waals surface area (Å²) in [6.45, 7) is 3.48. The zero-order chi connectivity index (χ0) is 15.4. The lowest BCUT2D eigenvalue weighted by Crippen LogP contribution is -2.58. The smallest absolute Gasteiger partial charge is 0.230 e. The standard InChI is InChI=1S/C17H20N4O/c1-2-15(13-7-4-3-5-8-13)16(22)21-11-14(12-21)20-17-18-9-6-10-19-17/h3-10,14-15H,2,11-12H2,1H3,(H,18,19,20). The maximum Gasteiger partial charge on any atom is 0.230 e. The van der Waals surface area contributed by atoms with Crippen LogP contribution in [-0.4, -0.2) is 39.9 Å². The van der Waals surface area contributed by atoms with Gasteiger partial charge in [0.05, 0.1) is 12.0 Å². The molecular formula is C17H20N4O. The van der Waals surface area contributed by atoms with Gasteiger partial charge in [-0.25, -0.2) is 9.97 Å². The zero-order valence-electron chi connectivity index (χ0n) is 12.6. The van der Waals surface area contributed by atoms with Gasteiger partial charge < -0.3 is 10.2 Å². The molecule has 0 aliphatic carbocycles. The fraction of sp³-hybridized carbons (Fsp3) is 0.353. The maximum atomic E-state index is 12.6. The summed E-state index contributed by atoms with van der Waals surface area (Å²) >= 11 is 0. The summed E-state index contributed by atoms with van der Waals surface area (Å²) < 4.78 is 0. The van der Waals surface area contributed by atoms with E-state index in [1.54, 1.807) is 18.5 Å². The van der Waals surface area contributed by atoms with E-state index in [1.807, 2.05) is 35.2 Å². The van der Waals surface area contributed by atoms with E-state index in [0.717, 1.165) is 12.0 Å². The Morgan fingerprint density at radius 2 is 1.91 bits per heavy atom. The Morgan fingerprint density at radius 1 is 1.23 bits per heavy atom. The predicted octanol–water partition coefficient (Wildman–Crippen LogP) is 2.29. The summed E-state index contributed by atoms with van der Waals surface area (Å²) in [6, 6.07) is 12.0. The van der Waals surface area contributed by atoms with E-state index in [1.165, 1.54) is 0 Å². The molecule has 1 aliphatic heterocycles. The third-order valence-electron chi connectivity index (χ3n) is 4.00. The van der Waals surface area contributed by atoms with Crippen molar-refractivity contribution in [3.63, 3.8) is 0 Å². The summed E-state index contributed by atoms with van der Waals surface area (Å²) in [7, 11) is 0. The van der Waals surface area contributed by atoms with Gasteiger partial charge in [0.2, 0.25) is 11.9 Å². The number of anilines is 1. The fourth-order valence-electron chi connectivity index (χ4n) is 2.76. The Balaban J connectivity index is 1.56. The molecule has 1 aromatic carbocycles. The summed E-state index contributed by atoms with van der Waals surface area (Å²) in [5, 5.41) is 3.24. The first-order valence-electron chi connectivity index (χ1n) is 7.65. The monoisotopic (exact) mass is 296 g/mol. The lowest BCUT2D eigenvalue weighted by molar-refractivity contribution is -0.136. The molecule has 1 atom stereocenters. The second-order valence-electron chi connectivity index (χ2n) is 5.53. The Labute approximate surface area is 130 Å². The first-order chi connectivity index (χ1) is 10.8. The highest BCUT2D eigenvalue weighted by atomic mass is 16.2. The Hall–Kier alpha value is -2.43. The molecule has 5 nitrogen and oxygen atoms in total. The van der Waals surface area contributed by atoms with Crippen LogP contribution in [0.4, 0.5) is 5.95 Å². The molecule has 1 fully saturated rings. The van der Waals surface area contributed by atoms with Crippen molar-refractivity contribution in [2.45, 2.75) is 25.3 Å². The number of likely N-dealkylation sites (tertiary alicyclic amines) is 1. The zero-order valence-corrected chi connectivity index (χ0v) is 12.6. The van der Waals surface area contributed by atoms with Crippen molar-refractivity contribution >= 4 is 11.9 Å². The van der Waals surface area contributed by atoms with Gasteiger partial charge in [-0.05, 0) is 18.1 Å². The van der Waals surface area contributed by atoms with Crippen LogP contribution >= 0.6 is 0 Å². The number of amides is 1. The highest BCUT2D eigenvalue weighted by Gasteiger charge is 2.34. The largest absolute Gasteiger partial charge is 0.348 e. The highest BCUT2D eigenvalue weighted by molar-refractivity contribution is 5.84. The van der Waals surface area contributed by atoms with E-state index >= 15 is 0 Å². The molecule has 0 bridgehead atoms. The van der Waals surface area contributed by atoms with Gasteiger partial charge in [0.25, 0.3) is 0 Å². The summed E-state index contributed by atoms with van der Waals surface area (Å²) in [5.74, 6) is 0.783. The molecule has 0 saturated carbocycles. The Bertz CT molecular complexity index is 611. The normalized spacial score (nSPS) is 16.0. The number of carbonyl (C=O) groups is 1. The van der Waals surface area contributed by atoms with Crippen LogP contribution in [-0.2, 0) is 4.79 Å². The molecule has 1 amide bonds. The fourth-order valence-corrected chi connectivity index (χ4v) is 2.76. The molecule has 5 heteroatoms. The minimum absolute atomic E-state index is 0.0462. The van der Waals surface area contributed by atoms with E-state index in [0.29, 0.717) is 19.0 Å². The number of hydrogen-bond acceptors (Lipinski definition) is 4. The Morgan fingerprint density at radius 3 is 2.55 bits per heavy atom. The lowest BCUT2D eigenvalue weighted by atomic mass is 9.93. The molecule has 2 heterocycles. The average Bonchev–Trinajstić information content (AvgIpc) is 2.53. The number of nitrogens with one attached hydrogen (secondary N) is 1. The van der Waals surface area contributed by atoms with Crippen molar-refractivity contribution in [1.82, 2.24) is 14.9 Å². The summed E-state index contributed by atoms with van der Waals surface area (Å²) in [4.78, 5) is 22.8. The van der Waals surface area contributed by atoms with Gasteiger partial charge in [-0.3, -0.25) is 4.79 Å². The van der Waals surface area contributed by atoms with Gasteiger partial charge >= 0.3 is 0 Å². The van der Waals surface area contributed by atoms with E-state index in [2.05, 4.69) is 22.2 Å². The summed E-state index contributed by atoms with van der Waals surface area (Å²) in [6.07, 6.45) is 4.23. The molecule has 0 radical (unpaired) electrons. The third kappa shape index (κ3) is 3.08. The molecule has 1 unspecified atom stereocenters. The van der Waals surface area contributed by atoms with Gasteiger partial charge in [-0.15, -0.1) is 0 Å². The van der Waals surface area contributed by atoms with E-state index < -0.39 is 0 Å². The number of nitrogens with zero attached hydrogens (tertiary/aromatic N) is 3. The van der Waals surface area contributed by atoms with Gasteiger partial charge in [0.15, 0.2) is 0 Å². The average molecular weight is 296 g/mol. The van der Waals surface area contributed by atoms with Crippen molar-refractivity contribution in [2.24, 2.45) is 0 Å². The van der Waals surface area contributed by atoms with Crippen molar-refractivity contribution in [2.75, 3.05) is 18.4 Å². The van der Waals surface area contributed by atoms with Crippen LogP contribution in [0.5, 0.6) is 0 Å². The van der Waals surface area contributed by atoms with Crippen molar-refractivity contribution in [1.29, 1.82) is 0 Å². The maximum absolute atomic E-state index is 12.6. The minimum atomic E-state index is -0.0462. The molecule has 1 N–H and O–H groups in total. The van der Waals surface area contributed by atoms with Crippen LogP contribution in [0.2, 0.25) is 0 Å². The van der Waals surface area contributed by atoms with Crippen LogP contribution in [0, 0.1) is 0 Å². The predicted molar refractivity (Wildman–Crippen MR) is 85.5 cm³/mol. The number of carbonyl (C=O) groups excluding carboxylic acids is 1. The van der Waals surface area contributed by atoms with Crippen LogP contribution in [0.3, 0.4) is 0 Å². The second-order valence-corrected chi connectivity index (χ2v) is 5.53. The molecular weight excluding hydrogens is 276 g/mol. The van der Waals surface area contributed by atoms with Gasteiger partial charge in [-0.2, -0.15) is 0 Å². The molecule has 114 valence electrons. The number of rotatable bonds is 5. The molecule has 1 aromatic heterocycles. The Kier molecular flexibility index (Phi) is 4.32. The molecule has 2 aromatic rings. The number of aromatic nitrogens is 2. The van der Waals surface area contributed by atoms with E-state index in [9.17, 15) is 4.79 Å². The molecule has 1 aliphatic rings. The van der Waals surface area contributed by atoms with Crippen LogP contribution in [0.15, 0.2) is 48.8 Å². The van der Waals surface area contributed by atoms with Gasteiger partial charge in [0, 0.05) is 25.5 Å². The third-order valence-corrected chi connectivity index (χ3v) is 4.00. The van der Waals surface area contributed by atoms with Crippen LogP contribution in [0.1, 0.15) is 24.8 Å². The summed E-state index contributed by atoms with van der Waals surface area (Å²) in [5.41, 5.74) is 1.10. The van der Waals surface area contributed by atoms with Crippen molar-refractivity contribution < 1.29 is 4.79 Å². The van der Waals surface area contributed by atoms with Crippen LogP contribution in [0.25, 0.3) is 0 Å². The first kappa shape index (κ1) is 14.5. The first-order valence-corrected chi connectivity index (χ1v) is 7.65. The quantitative estimate of drug-likeness (QED) is 0.919. The highest BCUT2D eigenvalue weighted by Crippen LogP contribution is 2.25. The molecule has 22 heavy (non-hydrogen) atoms. The molecule has 3 rings (SSSR count). The number of hydrogen-bond donors (Lipinski definition) is 1. The second kappa shape index (κ2) is 6.56. The van der Waals surface area contributed by atoms with Crippen molar-refractivity contribution in [3.8, 4) is 0 Å². The topological polar surface area (TPSA) is 58.1 Å². The minimum Gasteiger partial charge on any atom is -0.348 e. The van der Waals surface area contributed by atoms with Gasteiger partial charge in [0.1, 0.15) is 0 Å². The van der Waals surface area contributed by atoms with Crippen molar-refractivity contribution in [3.05, 3.63) is 54.4 Å². The lowest BCUT2D eigenvalue weighted by Gasteiger charge is -2.41. The van der Waals surface area contributed by atoms with Crippen LogP contribution < -0.4 is 5.32 Å². The number of benzene rings is 1. The SMILES string of the molecule is CCC(C(=O)N1CC(Nc2ncccn2)C1)c1ccccc1. The van der Waals surface area contributed by atoms with E-state index in [-0.39, 0.29) is 17.9 Å².